The normalized spacial score (nSPS) is 10.3. The molecule has 4 nitrogen and oxygen atoms in total. The van der Waals surface area contributed by atoms with Crippen LogP contribution in [0, 0.1) is 6.92 Å². The first-order valence-electron chi connectivity index (χ1n) is 6.48. The van der Waals surface area contributed by atoms with Crippen molar-refractivity contribution in [1.29, 1.82) is 0 Å². The highest BCUT2D eigenvalue weighted by atomic mass is 16.5. The highest BCUT2D eigenvalue weighted by Crippen LogP contribution is 2.26. The zero-order chi connectivity index (χ0) is 13.7. The third-order valence-corrected chi connectivity index (χ3v) is 2.92. The van der Waals surface area contributed by atoms with E-state index in [-0.39, 0.29) is 0 Å². The van der Waals surface area contributed by atoms with Crippen molar-refractivity contribution in [2.75, 3.05) is 19.0 Å². The van der Waals surface area contributed by atoms with E-state index in [1.807, 2.05) is 38.2 Å². The van der Waals surface area contributed by atoms with Gasteiger partial charge in [0.25, 0.3) is 0 Å². The van der Waals surface area contributed by atoms with E-state index in [1.54, 1.807) is 6.33 Å². The van der Waals surface area contributed by atoms with Crippen LogP contribution >= 0.6 is 0 Å². The van der Waals surface area contributed by atoms with E-state index in [0.717, 1.165) is 41.4 Å². The van der Waals surface area contributed by atoms with Gasteiger partial charge < -0.3 is 10.1 Å². The van der Waals surface area contributed by atoms with E-state index in [1.165, 1.54) is 0 Å². The van der Waals surface area contributed by atoms with Crippen molar-refractivity contribution in [3.05, 3.63) is 36.2 Å². The number of rotatable bonds is 5. The van der Waals surface area contributed by atoms with Gasteiger partial charge in [-0.05, 0) is 37.6 Å². The standard InChI is InChI=1S/C15H19N3O/c1-4-9-19-13-7-5-12(6-8-13)14-11(2)15(16-3)18-10-17-14/h5-8,10H,4,9H2,1-3H3,(H,16,17,18). The lowest BCUT2D eigenvalue weighted by Gasteiger charge is -2.10. The van der Waals surface area contributed by atoms with Crippen molar-refractivity contribution < 1.29 is 4.74 Å². The number of hydrogen-bond donors (Lipinski definition) is 1. The summed E-state index contributed by atoms with van der Waals surface area (Å²) in [5.41, 5.74) is 3.06. The minimum atomic E-state index is 0.746. The maximum absolute atomic E-state index is 5.58. The first-order chi connectivity index (χ1) is 9.26. The second-order valence-corrected chi connectivity index (χ2v) is 4.32. The molecule has 0 radical (unpaired) electrons. The smallest absolute Gasteiger partial charge is 0.132 e. The largest absolute Gasteiger partial charge is 0.494 e. The zero-order valence-corrected chi connectivity index (χ0v) is 11.6. The van der Waals surface area contributed by atoms with Crippen LogP contribution in [-0.2, 0) is 0 Å². The van der Waals surface area contributed by atoms with E-state index in [2.05, 4.69) is 22.2 Å². The summed E-state index contributed by atoms with van der Waals surface area (Å²) in [6.45, 7) is 4.86. The fourth-order valence-electron chi connectivity index (χ4n) is 1.92. The molecule has 0 aliphatic heterocycles. The maximum Gasteiger partial charge on any atom is 0.132 e. The Kier molecular flexibility index (Phi) is 4.34. The molecule has 0 fully saturated rings. The van der Waals surface area contributed by atoms with Gasteiger partial charge in [-0.3, -0.25) is 0 Å². The number of benzene rings is 1. The highest BCUT2D eigenvalue weighted by molar-refractivity contribution is 5.68. The molecule has 1 N–H and O–H groups in total. The van der Waals surface area contributed by atoms with Gasteiger partial charge in [-0.1, -0.05) is 6.92 Å². The Bertz CT molecular complexity index is 538. The minimum absolute atomic E-state index is 0.746. The summed E-state index contributed by atoms with van der Waals surface area (Å²) in [6, 6.07) is 8.01. The predicted octanol–water partition coefficient (Wildman–Crippen LogP) is 3.28. The molecule has 0 unspecified atom stereocenters. The number of ether oxygens (including phenoxy) is 1. The molecule has 2 aromatic rings. The van der Waals surface area contributed by atoms with Gasteiger partial charge in [0.2, 0.25) is 0 Å². The molecule has 1 aromatic carbocycles. The minimum Gasteiger partial charge on any atom is -0.494 e. The first-order valence-corrected chi connectivity index (χ1v) is 6.48. The molecule has 0 amide bonds. The molecule has 4 heteroatoms. The second kappa shape index (κ2) is 6.18. The lowest BCUT2D eigenvalue weighted by Crippen LogP contribution is -1.99. The van der Waals surface area contributed by atoms with Crippen LogP contribution in [0.4, 0.5) is 5.82 Å². The van der Waals surface area contributed by atoms with E-state index < -0.39 is 0 Å². The van der Waals surface area contributed by atoms with Gasteiger partial charge in [-0.25, -0.2) is 9.97 Å². The summed E-state index contributed by atoms with van der Waals surface area (Å²) in [5, 5.41) is 3.07. The molecular weight excluding hydrogens is 238 g/mol. The summed E-state index contributed by atoms with van der Waals surface area (Å²) in [7, 11) is 1.86. The Labute approximate surface area is 113 Å². The van der Waals surface area contributed by atoms with Crippen LogP contribution in [0.1, 0.15) is 18.9 Å². The van der Waals surface area contributed by atoms with Gasteiger partial charge in [0.1, 0.15) is 17.9 Å². The molecule has 100 valence electrons. The van der Waals surface area contributed by atoms with Gasteiger partial charge in [-0.2, -0.15) is 0 Å². The van der Waals surface area contributed by atoms with E-state index in [0.29, 0.717) is 0 Å². The van der Waals surface area contributed by atoms with Crippen molar-refractivity contribution in [2.45, 2.75) is 20.3 Å². The van der Waals surface area contributed by atoms with Crippen LogP contribution in [0.5, 0.6) is 5.75 Å². The Balaban J connectivity index is 2.27. The molecule has 1 heterocycles. The molecule has 0 atom stereocenters. The number of anilines is 1. The summed E-state index contributed by atoms with van der Waals surface area (Å²) >= 11 is 0. The summed E-state index contributed by atoms with van der Waals surface area (Å²) < 4.78 is 5.58. The molecule has 0 bridgehead atoms. The lowest BCUT2D eigenvalue weighted by atomic mass is 10.1. The third kappa shape index (κ3) is 3.02. The fraction of sp³-hybridized carbons (Fsp3) is 0.333. The van der Waals surface area contributed by atoms with Crippen LogP contribution in [0.3, 0.4) is 0 Å². The van der Waals surface area contributed by atoms with Crippen molar-refractivity contribution in [3.63, 3.8) is 0 Å². The second-order valence-electron chi connectivity index (χ2n) is 4.32. The van der Waals surface area contributed by atoms with Gasteiger partial charge >= 0.3 is 0 Å². The molecule has 2 rings (SSSR count). The Morgan fingerprint density at radius 2 is 1.89 bits per heavy atom. The Hall–Kier alpha value is -2.10. The first kappa shape index (κ1) is 13.3. The summed E-state index contributed by atoms with van der Waals surface area (Å²) in [4.78, 5) is 8.55. The molecule has 0 saturated carbocycles. The van der Waals surface area contributed by atoms with Crippen molar-refractivity contribution in [2.24, 2.45) is 0 Å². The van der Waals surface area contributed by atoms with Crippen molar-refractivity contribution in [3.8, 4) is 17.0 Å². The zero-order valence-electron chi connectivity index (χ0n) is 11.6. The average molecular weight is 257 g/mol. The van der Waals surface area contributed by atoms with Crippen LogP contribution < -0.4 is 10.1 Å². The third-order valence-electron chi connectivity index (χ3n) is 2.92. The highest BCUT2D eigenvalue weighted by Gasteiger charge is 2.08. The number of nitrogens with one attached hydrogen (secondary N) is 1. The Morgan fingerprint density at radius 1 is 1.16 bits per heavy atom. The number of nitrogens with zero attached hydrogens (tertiary/aromatic N) is 2. The van der Waals surface area contributed by atoms with E-state index in [9.17, 15) is 0 Å². The van der Waals surface area contributed by atoms with Crippen molar-refractivity contribution in [1.82, 2.24) is 9.97 Å². The molecule has 0 aliphatic carbocycles. The quantitative estimate of drug-likeness (QED) is 0.893. The molecule has 1 aromatic heterocycles. The van der Waals surface area contributed by atoms with Crippen LogP contribution in [0.25, 0.3) is 11.3 Å². The van der Waals surface area contributed by atoms with E-state index >= 15 is 0 Å². The van der Waals surface area contributed by atoms with Crippen molar-refractivity contribution >= 4 is 5.82 Å². The number of aromatic nitrogens is 2. The van der Waals surface area contributed by atoms with Crippen LogP contribution in [0.2, 0.25) is 0 Å². The lowest BCUT2D eigenvalue weighted by molar-refractivity contribution is 0.317. The summed E-state index contributed by atoms with van der Waals surface area (Å²) in [6.07, 6.45) is 2.59. The number of hydrogen-bond acceptors (Lipinski definition) is 4. The topological polar surface area (TPSA) is 47.0 Å². The SMILES string of the molecule is CCCOc1ccc(-c2ncnc(NC)c2C)cc1. The molecule has 0 spiro atoms. The Morgan fingerprint density at radius 3 is 2.53 bits per heavy atom. The van der Waals surface area contributed by atoms with Gasteiger partial charge in [0.15, 0.2) is 0 Å². The predicted molar refractivity (Wildman–Crippen MR) is 77.5 cm³/mol. The van der Waals surface area contributed by atoms with Crippen LogP contribution in [-0.4, -0.2) is 23.6 Å². The van der Waals surface area contributed by atoms with Gasteiger partial charge in [0, 0.05) is 18.2 Å². The molecule has 0 aliphatic rings. The average Bonchev–Trinajstić information content (AvgIpc) is 2.46. The molecule has 19 heavy (non-hydrogen) atoms. The van der Waals surface area contributed by atoms with Crippen LogP contribution in [0.15, 0.2) is 30.6 Å². The van der Waals surface area contributed by atoms with Gasteiger partial charge in [0.05, 0.1) is 12.3 Å². The molecular formula is C15H19N3O. The summed E-state index contributed by atoms with van der Waals surface area (Å²) in [5.74, 6) is 1.75. The maximum atomic E-state index is 5.58. The van der Waals surface area contributed by atoms with Gasteiger partial charge in [-0.15, -0.1) is 0 Å². The fourth-order valence-corrected chi connectivity index (χ4v) is 1.92. The monoisotopic (exact) mass is 257 g/mol. The van der Waals surface area contributed by atoms with E-state index in [4.69, 9.17) is 4.74 Å². The molecule has 0 saturated heterocycles.